The number of rotatable bonds is 13. The molecule has 1 N–H and O–H groups in total. The summed E-state index contributed by atoms with van der Waals surface area (Å²) in [4.78, 5) is 27.8. The fourth-order valence-corrected chi connectivity index (χ4v) is 4.54. The number of hydrogen-bond donors (Lipinski definition) is 1. The minimum absolute atomic E-state index is 0.0332. The average molecular weight is 496 g/mol. The van der Waals surface area contributed by atoms with Gasteiger partial charge in [0.1, 0.15) is 6.04 Å². The Morgan fingerprint density at radius 2 is 1.78 bits per heavy atom. The standard InChI is InChI=1S/C25H32Cl2N2O2S/c1-3-5-14-28-25(31)23(4-2)29(17-20-11-12-21(26)22(27)16-20)24(30)13-15-32-18-19-9-7-6-8-10-19/h6-12,16,23H,3-5,13-15,17-18H2,1-2H3,(H,28,31). The SMILES string of the molecule is CCCCNC(=O)C(CC)N(Cc1ccc(Cl)c(Cl)c1)C(=O)CCSCc1ccccc1. The van der Waals surface area contributed by atoms with Crippen molar-refractivity contribution >= 4 is 46.8 Å². The van der Waals surface area contributed by atoms with Gasteiger partial charge < -0.3 is 10.2 Å². The van der Waals surface area contributed by atoms with Crippen molar-refractivity contribution in [1.82, 2.24) is 10.2 Å². The highest BCUT2D eigenvalue weighted by Crippen LogP contribution is 2.24. The lowest BCUT2D eigenvalue weighted by Gasteiger charge is -2.31. The predicted octanol–water partition coefficient (Wildman–Crippen LogP) is 6.34. The van der Waals surface area contributed by atoms with Crippen LogP contribution in [0, 0.1) is 0 Å². The first-order valence-corrected chi connectivity index (χ1v) is 13.0. The Labute approximate surface area is 206 Å². The van der Waals surface area contributed by atoms with Crippen molar-refractivity contribution in [2.24, 2.45) is 0 Å². The van der Waals surface area contributed by atoms with Gasteiger partial charge in [-0.2, -0.15) is 11.8 Å². The number of carbonyl (C=O) groups is 2. The van der Waals surface area contributed by atoms with Gasteiger partial charge >= 0.3 is 0 Å². The molecule has 2 amide bonds. The quantitative estimate of drug-likeness (QED) is 0.330. The Morgan fingerprint density at radius 3 is 2.44 bits per heavy atom. The van der Waals surface area contributed by atoms with Gasteiger partial charge in [0.05, 0.1) is 10.0 Å². The summed E-state index contributed by atoms with van der Waals surface area (Å²) in [7, 11) is 0. The number of hydrogen-bond acceptors (Lipinski definition) is 3. The maximum atomic E-state index is 13.2. The van der Waals surface area contributed by atoms with Crippen LogP contribution in [0.3, 0.4) is 0 Å². The van der Waals surface area contributed by atoms with E-state index in [2.05, 4.69) is 24.4 Å². The first kappa shape index (κ1) is 26.6. The molecule has 0 heterocycles. The van der Waals surface area contributed by atoms with Gasteiger partial charge in [-0.1, -0.05) is 79.9 Å². The van der Waals surface area contributed by atoms with Gasteiger partial charge in [0.2, 0.25) is 11.8 Å². The molecule has 0 saturated heterocycles. The van der Waals surface area contributed by atoms with Crippen molar-refractivity contribution in [3.05, 3.63) is 69.7 Å². The molecule has 0 aliphatic rings. The minimum Gasteiger partial charge on any atom is -0.354 e. The molecule has 4 nitrogen and oxygen atoms in total. The highest BCUT2D eigenvalue weighted by Gasteiger charge is 2.28. The van der Waals surface area contributed by atoms with Crippen LogP contribution in [0.4, 0.5) is 0 Å². The summed E-state index contributed by atoms with van der Waals surface area (Å²) in [6, 6.07) is 15.0. The van der Waals surface area contributed by atoms with Crippen molar-refractivity contribution in [3.63, 3.8) is 0 Å². The van der Waals surface area contributed by atoms with Crippen LogP contribution in [0.25, 0.3) is 0 Å². The number of unbranched alkanes of at least 4 members (excludes halogenated alkanes) is 1. The molecule has 0 radical (unpaired) electrons. The number of nitrogens with one attached hydrogen (secondary N) is 1. The zero-order valence-electron chi connectivity index (χ0n) is 18.8. The van der Waals surface area contributed by atoms with E-state index in [4.69, 9.17) is 23.2 Å². The zero-order chi connectivity index (χ0) is 23.3. The lowest BCUT2D eigenvalue weighted by atomic mass is 10.1. The van der Waals surface area contributed by atoms with E-state index in [9.17, 15) is 9.59 Å². The van der Waals surface area contributed by atoms with Crippen molar-refractivity contribution in [1.29, 1.82) is 0 Å². The van der Waals surface area contributed by atoms with Crippen LogP contribution in [0.15, 0.2) is 48.5 Å². The molecule has 2 aromatic carbocycles. The Morgan fingerprint density at radius 1 is 1.03 bits per heavy atom. The van der Waals surface area contributed by atoms with Gasteiger partial charge in [0.15, 0.2) is 0 Å². The third-order valence-corrected chi connectivity index (χ3v) is 6.89. The number of benzene rings is 2. The number of nitrogens with zero attached hydrogens (tertiary/aromatic N) is 1. The second-order valence-electron chi connectivity index (χ2n) is 7.63. The highest BCUT2D eigenvalue weighted by atomic mass is 35.5. The molecule has 1 unspecified atom stereocenters. The lowest BCUT2D eigenvalue weighted by molar-refractivity contribution is -0.141. The van der Waals surface area contributed by atoms with Crippen LogP contribution in [-0.2, 0) is 21.9 Å². The van der Waals surface area contributed by atoms with E-state index in [0.29, 0.717) is 41.7 Å². The first-order chi connectivity index (χ1) is 15.5. The van der Waals surface area contributed by atoms with E-state index in [1.165, 1.54) is 5.56 Å². The van der Waals surface area contributed by atoms with Gasteiger partial charge in [-0.3, -0.25) is 9.59 Å². The Kier molecular flexibility index (Phi) is 12.0. The molecular weight excluding hydrogens is 463 g/mol. The van der Waals surface area contributed by atoms with Crippen molar-refractivity contribution in [2.45, 2.75) is 57.9 Å². The molecule has 0 aromatic heterocycles. The maximum absolute atomic E-state index is 13.2. The smallest absolute Gasteiger partial charge is 0.242 e. The topological polar surface area (TPSA) is 49.4 Å². The van der Waals surface area contributed by atoms with Crippen LogP contribution in [0.2, 0.25) is 10.0 Å². The minimum atomic E-state index is -0.520. The van der Waals surface area contributed by atoms with E-state index in [1.54, 1.807) is 28.8 Å². The normalized spacial score (nSPS) is 11.8. The van der Waals surface area contributed by atoms with E-state index >= 15 is 0 Å². The van der Waals surface area contributed by atoms with E-state index < -0.39 is 6.04 Å². The van der Waals surface area contributed by atoms with E-state index in [0.717, 1.165) is 24.2 Å². The van der Waals surface area contributed by atoms with E-state index in [1.807, 2.05) is 31.2 Å². The van der Waals surface area contributed by atoms with Gasteiger partial charge in [0.25, 0.3) is 0 Å². The molecular formula is C25H32Cl2N2O2S. The average Bonchev–Trinajstić information content (AvgIpc) is 2.79. The number of thioether (sulfide) groups is 1. The third kappa shape index (κ3) is 8.68. The zero-order valence-corrected chi connectivity index (χ0v) is 21.1. The van der Waals surface area contributed by atoms with Gasteiger partial charge in [-0.05, 0) is 36.1 Å². The third-order valence-electron chi connectivity index (χ3n) is 5.12. The second kappa shape index (κ2) is 14.5. The summed E-state index contributed by atoms with van der Waals surface area (Å²) < 4.78 is 0. The number of halogens is 2. The number of amides is 2. The summed E-state index contributed by atoms with van der Waals surface area (Å²) >= 11 is 13.9. The summed E-state index contributed by atoms with van der Waals surface area (Å²) in [5.74, 6) is 1.41. The summed E-state index contributed by atoms with van der Waals surface area (Å²) in [5.41, 5.74) is 2.09. The van der Waals surface area contributed by atoms with Crippen LogP contribution < -0.4 is 5.32 Å². The fourth-order valence-electron chi connectivity index (χ4n) is 3.33. The monoisotopic (exact) mass is 494 g/mol. The molecule has 7 heteroatoms. The lowest BCUT2D eigenvalue weighted by Crippen LogP contribution is -2.49. The Balaban J connectivity index is 2.07. The molecule has 0 aliphatic carbocycles. The molecule has 0 saturated carbocycles. The van der Waals surface area contributed by atoms with E-state index in [-0.39, 0.29) is 11.8 Å². The summed E-state index contributed by atoms with van der Waals surface area (Å²) in [5, 5.41) is 3.89. The van der Waals surface area contributed by atoms with Crippen molar-refractivity contribution in [3.8, 4) is 0 Å². The maximum Gasteiger partial charge on any atom is 0.242 e. The van der Waals surface area contributed by atoms with Crippen LogP contribution in [-0.4, -0.2) is 35.1 Å². The molecule has 0 bridgehead atoms. The van der Waals surface area contributed by atoms with Crippen LogP contribution in [0.5, 0.6) is 0 Å². The molecule has 0 spiro atoms. The van der Waals surface area contributed by atoms with Gasteiger partial charge in [-0.15, -0.1) is 0 Å². The van der Waals surface area contributed by atoms with Crippen molar-refractivity contribution in [2.75, 3.05) is 12.3 Å². The van der Waals surface area contributed by atoms with Crippen LogP contribution in [0.1, 0.15) is 50.7 Å². The summed E-state index contributed by atoms with van der Waals surface area (Å²) in [6.07, 6.45) is 2.83. The molecule has 0 aliphatic heterocycles. The first-order valence-electron chi connectivity index (χ1n) is 11.1. The molecule has 0 fully saturated rings. The summed E-state index contributed by atoms with van der Waals surface area (Å²) in [6.45, 7) is 4.95. The predicted molar refractivity (Wildman–Crippen MR) is 136 cm³/mol. The molecule has 2 rings (SSSR count). The second-order valence-corrected chi connectivity index (χ2v) is 9.55. The molecule has 2 aromatic rings. The van der Waals surface area contributed by atoms with Gasteiger partial charge in [0, 0.05) is 31.0 Å². The molecule has 174 valence electrons. The Bertz CT molecular complexity index is 864. The van der Waals surface area contributed by atoms with Crippen LogP contribution >= 0.6 is 35.0 Å². The Hall–Kier alpha value is -1.69. The largest absolute Gasteiger partial charge is 0.354 e. The fraction of sp³-hybridized carbons (Fsp3) is 0.440. The van der Waals surface area contributed by atoms with Crippen molar-refractivity contribution < 1.29 is 9.59 Å². The van der Waals surface area contributed by atoms with Gasteiger partial charge in [-0.25, -0.2) is 0 Å². The number of carbonyl (C=O) groups excluding carboxylic acids is 2. The highest BCUT2D eigenvalue weighted by molar-refractivity contribution is 7.98. The molecule has 1 atom stereocenters. The molecule has 32 heavy (non-hydrogen) atoms.